The van der Waals surface area contributed by atoms with Crippen molar-refractivity contribution in [3.05, 3.63) is 0 Å². The lowest BCUT2D eigenvalue weighted by Crippen LogP contribution is -2.37. The fourth-order valence-electron chi connectivity index (χ4n) is 2.79. The average molecular weight is 242 g/mol. The normalized spacial score (nSPS) is 19.8. The molecular weight excluding hydrogens is 212 g/mol. The monoisotopic (exact) mass is 242 g/mol. The molecule has 1 unspecified atom stereocenters. The highest BCUT2D eigenvalue weighted by Gasteiger charge is 2.15. The predicted molar refractivity (Wildman–Crippen MR) is 73.4 cm³/mol. The van der Waals surface area contributed by atoms with Gasteiger partial charge in [0.1, 0.15) is 0 Å². The summed E-state index contributed by atoms with van der Waals surface area (Å²) in [5.41, 5.74) is 0. The van der Waals surface area contributed by atoms with Gasteiger partial charge >= 0.3 is 0 Å². The number of rotatable bonds is 8. The molecule has 0 aromatic carbocycles. The van der Waals surface area contributed by atoms with Crippen molar-refractivity contribution in [3.63, 3.8) is 0 Å². The van der Waals surface area contributed by atoms with Crippen LogP contribution in [0.4, 0.5) is 0 Å². The van der Waals surface area contributed by atoms with E-state index in [0.717, 1.165) is 19.1 Å². The molecule has 1 atom stereocenters. The minimum absolute atomic E-state index is 0.554. The molecule has 0 amide bonds. The second-order valence-electron chi connectivity index (χ2n) is 5.27. The van der Waals surface area contributed by atoms with Gasteiger partial charge in [-0.2, -0.15) is 0 Å². The first-order valence-corrected chi connectivity index (χ1v) is 7.21. The number of hydrogen-bond acceptors (Lipinski definition) is 3. The first-order chi connectivity index (χ1) is 8.27. The molecule has 0 saturated carbocycles. The molecule has 1 aliphatic heterocycles. The predicted octanol–water partition coefficient (Wildman–Crippen LogP) is 2.12. The number of nitrogens with one attached hydrogen (secondary N) is 1. The van der Waals surface area contributed by atoms with Crippen LogP contribution in [0.2, 0.25) is 0 Å². The van der Waals surface area contributed by atoms with Crippen molar-refractivity contribution in [1.82, 2.24) is 10.2 Å². The van der Waals surface area contributed by atoms with Gasteiger partial charge in [-0.15, -0.1) is 0 Å². The third kappa shape index (κ3) is 5.84. The van der Waals surface area contributed by atoms with Gasteiger partial charge in [0.05, 0.1) is 6.61 Å². The van der Waals surface area contributed by atoms with Crippen LogP contribution in [0, 0.1) is 5.92 Å². The number of ether oxygens (including phenoxy) is 1. The Hall–Kier alpha value is -0.120. The number of likely N-dealkylation sites (N-methyl/N-ethyl adjacent to an activating group) is 1. The van der Waals surface area contributed by atoms with E-state index in [-0.39, 0.29) is 0 Å². The summed E-state index contributed by atoms with van der Waals surface area (Å²) in [6, 6.07) is 0.554. The lowest BCUT2D eigenvalue weighted by molar-refractivity contribution is 0.100. The second kappa shape index (κ2) is 8.90. The smallest absolute Gasteiger partial charge is 0.0615 e. The summed E-state index contributed by atoms with van der Waals surface area (Å²) in [7, 11) is 1.79. The summed E-state index contributed by atoms with van der Waals surface area (Å²) in [5, 5.41) is 3.43. The van der Waals surface area contributed by atoms with Crippen molar-refractivity contribution in [2.75, 3.05) is 39.9 Å². The molecular formula is C14H30N2O. The van der Waals surface area contributed by atoms with E-state index in [9.17, 15) is 0 Å². The molecule has 1 fully saturated rings. The summed E-state index contributed by atoms with van der Waals surface area (Å²) in [4.78, 5) is 2.53. The maximum atomic E-state index is 5.23. The maximum Gasteiger partial charge on any atom is 0.0615 e. The highest BCUT2D eigenvalue weighted by molar-refractivity contribution is 4.70. The summed E-state index contributed by atoms with van der Waals surface area (Å²) in [5.74, 6) is 0.965. The highest BCUT2D eigenvalue weighted by Crippen LogP contribution is 2.18. The molecule has 1 rings (SSSR count). The van der Waals surface area contributed by atoms with Crippen LogP contribution in [0.3, 0.4) is 0 Å². The zero-order chi connectivity index (χ0) is 12.5. The van der Waals surface area contributed by atoms with E-state index in [0.29, 0.717) is 6.04 Å². The largest absolute Gasteiger partial charge is 0.383 e. The van der Waals surface area contributed by atoms with E-state index in [1.54, 1.807) is 7.11 Å². The molecule has 0 bridgehead atoms. The van der Waals surface area contributed by atoms with Crippen molar-refractivity contribution >= 4 is 0 Å². The number of nitrogens with zero attached hydrogens (tertiary/aromatic N) is 1. The van der Waals surface area contributed by atoms with E-state index in [2.05, 4.69) is 24.1 Å². The summed E-state index contributed by atoms with van der Waals surface area (Å²) < 4.78 is 5.23. The van der Waals surface area contributed by atoms with Crippen molar-refractivity contribution in [2.45, 2.75) is 45.6 Å². The van der Waals surface area contributed by atoms with Gasteiger partial charge in [-0.3, -0.25) is 4.90 Å². The molecule has 1 N–H and O–H groups in total. The fourth-order valence-corrected chi connectivity index (χ4v) is 2.79. The van der Waals surface area contributed by atoms with E-state index < -0.39 is 0 Å². The van der Waals surface area contributed by atoms with Crippen LogP contribution in [0.15, 0.2) is 0 Å². The minimum atomic E-state index is 0.554. The van der Waals surface area contributed by atoms with Crippen LogP contribution < -0.4 is 5.32 Å². The Morgan fingerprint density at radius 3 is 2.65 bits per heavy atom. The van der Waals surface area contributed by atoms with Gasteiger partial charge in [-0.05, 0) is 64.7 Å². The first kappa shape index (κ1) is 14.9. The van der Waals surface area contributed by atoms with Crippen LogP contribution in [0.1, 0.15) is 39.5 Å². The molecule has 0 aliphatic carbocycles. The Balaban J connectivity index is 2.13. The SMILES string of the molecule is CCN(CCCC1CCNCC1)C(C)COC. The minimum Gasteiger partial charge on any atom is -0.383 e. The molecule has 1 heterocycles. The number of piperidine rings is 1. The average Bonchev–Trinajstić information content (AvgIpc) is 2.36. The molecule has 1 saturated heterocycles. The van der Waals surface area contributed by atoms with Gasteiger partial charge in [0.15, 0.2) is 0 Å². The lowest BCUT2D eigenvalue weighted by atomic mass is 9.93. The molecule has 17 heavy (non-hydrogen) atoms. The third-order valence-corrected chi connectivity index (χ3v) is 3.95. The molecule has 3 nitrogen and oxygen atoms in total. The summed E-state index contributed by atoms with van der Waals surface area (Å²) >= 11 is 0. The molecule has 0 spiro atoms. The van der Waals surface area contributed by atoms with Crippen LogP contribution in [0.25, 0.3) is 0 Å². The maximum absolute atomic E-state index is 5.23. The topological polar surface area (TPSA) is 24.5 Å². The van der Waals surface area contributed by atoms with Crippen molar-refractivity contribution in [3.8, 4) is 0 Å². The summed E-state index contributed by atoms with van der Waals surface area (Å²) in [6.07, 6.45) is 5.49. The van der Waals surface area contributed by atoms with Crippen LogP contribution in [-0.2, 0) is 4.74 Å². The first-order valence-electron chi connectivity index (χ1n) is 7.21. The zero-order valence-electron chi connectivity index (χ0n) is 11.9. The quantitative estimate of drug-likeness (QED) is 0.705. The standard InChI is InChI=1S/C14H30N2O/c1-4-16(13(2)12-17-3)11-5-6-14-7-9-15-10-8-14/h13-15H,4-12H2,1-3H3. The molecule has 0 aromatic heterocycles. The second-order valence-corrected chi connectivity index (χ2v) is 5.27. The number of methoxy groups -OCH3 is 1. The zero-order valence-corrected chi connectivity index (χ0v) is 11.9. The Morgan fingerprint density at radius 2 is 2.06 bits per heavy atom. The van der Waals surface area contributed by atoms with Gasteiger partial charge in [-0.25, -0.2) is 0 Å². The number of hydrogen-bond donors (Lipinski definition) is 1. The molecule has 3 heteroatoms. The third-order valence-electron chi connectivity index (χ3n) is 3.95. The Bertz CT molecular complexity index is 181. The van der Waals surface area contributed by atoms with Crippen LogP contribution in [-0.4, -0.2) is 50.8 Å². The van der Waals surface area contributed by atoms with Gasteiger partial charge < -0.3 is 10.1 Å². The summed E-state index contributed by atoms with van der Waals surface area (Å²) in [6.45, 7) is 10.2. The Labute approximate surface area is 107 Å². The van der Waals surface area contributed by atoms with Gasteiger partial charge in [0.2, 0.25) is 0 Å². The van der Waals surface area contributed by atoms with Crippen molar-refractivity contribution in [1.29, 1.82) is 0 Å². The lowest BCUT2D eigenvalue weighted by Gasteiger charge is -2.28. The van der Waals surface area contributed by atoms with E-state index >= 15 is 0 Å². The Kier molecular flexibility index (Phi) is 7.82. The van der Waals surface area contributed by atoms with Gasteiger partial charge in [-0.1, -0.05) is 6.92 Å². The molecule has 0 aromatic rings. The highest BCUT2D eigenvalue weighted by atomic mass is 16.5. The van der Waals surface area contributed by atoms with Crippen molar-refractivity contribution in [2.24, 2.45) is 5.92 Å². The van der Waals surface area contributed by atoms with Gasteiger partial charge in [0.25, 0.3) is 0 Å². The Morgan fingerprint density at radius 1 is 1.35 bits per heavy atom. The van der Waals surface area contributed by atoms with Crippen LogP contribution >= 0.6 is 0 Å². The molecule has 102 valence electrons. The van der Waals surface area contributed by atoms with Crippen molar-refractivity contribution < 1.29 is 4.74 Å². The van der Waals surface area contributed by atoms with Crippen LogP contribution in [0.5, 0.6) is 0 Å². The molecule has 1 aliphatic rings. The van der Waals surface area contributed by atoms with E-state index in [1.165, 1.54) is 45.3 Å². The van der Waals surface area contributed by atoms with Gasteiger partial charge in [0, 0.05) is 13.2 Å². The fraction of sp³-hybridized carbons (Fsp3) is 1.00. The van der Waals surface area contributed by atoms with E-state index in [1.807, 2.05) is 0 Å². The molecule has 0 radical (unpaired) electrons. The van der Waals surface area contributed by atoms with E-state index in [4.69, 9.17) is 4.74 Å².